The Morgan fingerprint density at radius 2 is 1.50 bits per heavy atom. The van der Waals surface area contributed by atoms with Gasteiger partial charge in [-0.25, -0.2) is 4.39 Å². The Balaban J connectivity index is 1.27. The van der Waals surface area contributed by atoms with Crippen molar-refractivity contribution in [3.8, 4) is 17.0 Å². The predicted molar refractivity (Wildman–Crippen MR) is 190 cm³/mol. The number of benzene rings is 4. The van der Waals surface area contributed by atoms with Crippen molar-refractivity contribution in [3.63, 3.8) is 0 Å². The number of hydrogen-bond acceptors (Lipinski definition) is 4. The van der Waals surface area contributed by atoms with Crippen LogP contribution in [0.15, 0.2) is 91.0 Å². The Bertz CT molecular complexity index is 2140. The molecule has 7 rings (SSSR count). The van der Waals surface area contributed by atoms with E-state index in [-0.39, 0.29) is 41.8 Å². The molecule has 0 saturated heterocycles. The van der Waals surface area contributed by atoms with Crippen LogP contribution >= 0.6 is 0 Å². The lowest BCUT2D eigenvalue weighted by molar-refractivity contribution is -0.131. The van der Waals surface area contributed by atoms with E-state index in [2.05, 4.69) is 19.1 Å². The van der Waals surface area contributed by atoms with Gasteiger partial charge in [0.15, 0.2) is 0 Å². The van der Waals surface area contributed by atoms with Gasteiger partial charge in [0, 0.05) is 68.0 Å². The Hall–Kier alpha value is -5.70. The minimum atomic E-state index is -0.348. The lowest BCUT2D eigenvalue weighted by Gasteiger charge is -2.35. The van der Waals surface area contributed by atoms with E-state index in [0.717, 1.165) is 40.1 Å². The molecule has 0 unspecified atom stereocenters. The summed E-state index contributed by atoms with van der Waals surface area (Å²) < 4.78 is 15.4. The van der Waals surface area contributed by atoms with E-state index in [1.807, 2.05) is 53.8 Å². The van der Waals surface area contributed by atoms with Crippen LogP contribution in [0.3, 0.4) is 0 Å². The number of phenols is 1. The Kier molecular flexibility index (Phi) is 8.51. The van der Waals surface area contributed by atoms with Gasteiger partial charge in [0.1, 0.15) is 11.6 Å². The number of aromatic hydroxyl groups is 1. The number of hydrogen-bond donors (Lipinski definition) is 1. The number of carbonyl (C=O) groups is 3. The lowest BCUT2D eigenvalue weighted by atomic mass is 9.92. The van der Waals surface area contributed by atoms with Crippen molar-refractivity contribution in [3.05, 3.63) is 141 Å². The molecule has 0 radical (unpaired) electrons. The van der Waals surface area contributed by atoms with Gasteiger partial charge in [0.25, 0.3) is 11.8 Å². The second-order valence-electron chi connectivity index (χ2n) is 13.4. The molecule has 5 aromatic rings. The summed E-state index contributed by atoms with van der Waals surface area (Å²) in [4.78, 5) is 47.2. The zero-order valence-electron chi connectivity index (χ0n) is 28.6. The summed E-state index contributed by atoms with van der Waals surface area (Å²) in [5.74, 6) is -0.636. The van der Waals surface area contributed by atoms with Gasteiger partial charge >= 0.3 is 0 Å². The number of anilines is 1. The molecule has 1 N–H and O–H groups in total. The van der Waals surface area contributed by atoms with Gasteiger partial charge < -0.3 is 24.4 Å². The molecule has 4 aromatic carbocycles. The van der Waals surface area contributed by atoms with Gasteiger partial charge in [0.2, 0.25) is 5.91 Å². The van der Waals surface area contributed by atoms with Crippen molar-refractivity contribution >= 4 is 23.4 Å². The molecule has 1 aromatic heterocycles. The summed E-state index contributed by atoms with van der Waals surface area (Å²) >= 11 is 0. The largest absolute Gasteiger partial charge is 0.508 e. The van der Waals surface area contributed by atoms with Gasteiger partial charge in [-0.3, -0.25) is 14.4 Å². The van der Waals surface area contributed by atoms with Crippen LogP contribution in [0.2, 0.25) is 0 Å². The highest BCUT2D eigenvalue weighted by Crippen LogP contribution is 2.37. The first-order valence-corrected chi connectivity index (χ1v) is 16.8. The first kappa shape index (κ1) is 32.8. The Morgan fingerprint density at radius 3 is 2.20 bits per heavy atom. The molecule has 0 spiro atoms. The average Bonchev–Trinajstić information content (AvgIpc) is 3.67. The summed E-state index contributed by atoms with van der Waals surface area (Å²) in [6.07, 6.45) is 0.897. The number of fused-ring (bicyclic) bond motifs is 2. The number of aromatic nitrogens is 1. The van der Waals surface area contributed by atoms with Gasteiger partial charge in [-0.2, -0.15) is 0 Å². The van der Waals surface area contributed by atoms with Crippen molar-refractivity contribution in [1.82, 2.24) is 14.4 Å². The van der Waals surface area contributed by atoms with Crippen LogP contribution in [-0.4, -0.2) is 50.3 Å². The van der Waals surface area contributed by atoms with E-state index in [4.69, 9.17) is 0 Å². The summed E-state index contributed by atoms with van der Waals surface area (Å²) in [7, 11) is 3.58. The average molecular weight is 671 g/mol. The van der Waals surface area contributed by atoms with E-state index in [1.165, 1.54) is 22.6 Å². The number of rotatable bonds is 6. The van der Waals surface area contributed by atoms with Crippen molar-refractivity contribution in [2.75, 3.05) is 11.9 Å². The van der Waals surface area contributed by atoms with E-state index in [0.29, 0.717) is 42.0 Å². The minimum Gasteiger partial charge on any atom is -0.508 e. The zero-order chi connectivity index (χ0) is 35.3. The highest BCUT2D eigenvalue weighted by Gasteiger charge is 2.33. The number of carbonyl (C=O) groups excluding carboxylic acids is 3. The molecular weight excluding hydrogens is 631 g/mol. The van der Waals surface area contributed by atoms with Crippen molar-refractivity contribution in [2.45, 2.75) is 52.4 Å². The molecule has 1 atom stereocenters. The van der Waals surface area contributed by atoms with Crippen molar-refractivity contribution < 1.29 is 23.9 Å². The predicted octanol–water partition coefficient (Wildman–Crippen LogP) is 6.79. The molecule has 2 aliphatic rings. The fraction of sp³-hybridized carbons (Fsp3) is 0.244. The summed E-state index contributed by atoms with van der Waals surface area (Å²) in [5, 5.41) is 9.75. The zero-order valence-corrected chi connectivity index (χ0v) is 28.6. The molecular formula is C41H39FN4O4. The van der Waals surface area contributed by atoms with Crippen LogP contribution in [0.25, 0.3) is 11.3 Å². The first-order chi connectivity index (χ1) is 24.0. The Labute approximate surface area is 291 Å². The molecule has 254 valence electrons. The SMILES string of the molecule is Cc1c(C(=O)N(C)c2ccc(O)cc2)cc(-c2cc3c(cc2C(=O)N2Cc4ccccc4C[C@H]2C)CN(C(=O)Cc2ccc(F)cc2)C3)n1C. The van der Waals surface area contributed by atoms with Gasteiger partial charge in [-0.1, -0.05) is 36.4 Å². The van der Waals surface area contributed by atoms with Crippen LogP contribution in [0.5, 0.6) is 5.75 Å². The molecule has 50 heavy (non-hydrogen) atoms. The van der Waals surface area contributed by atoms with Crippen molar-refractivity contribution in [2.24, 2.45) is 7.05 Å². The van der Waals surface area contributed by atoms with Crippen LogP contribution in [-0.2, 0) is 44.3 Å². The van der Waals surface area contributed by atoms with E-state index < -0.39 is 0 Å². The normalized spacial score (nSPS) is 15.1. The van der Waals surface area contributed by atoms with E-state index in [9.17, 15) is 23.9 Å². The van der Waals surface area contributed by atoms with Crippen LogP contribution in [0, 0.1) is 12.7 Å². The molecule has 8 nitrogen and oxygen atoms in total. The Morgan fingerprint density at radius 1 is 0.840 bits per heavy atom. The molecule has 3 amide bonds. The number of halogens is 1. The molecule has 2 aliphatic heterocycles. The number of phenolic OH excluding ortho intramolecular Hbond substituents is 1. The second kappa shape index (κ2) is 13.0. The quantitative estimate of drug-likeness (QED) is 0.216. The van der Waals surface area contributed by atoms with Crippen LogP contribution in [0.4, 0.5) is 10.1 Å². The first-order valence-electron chi connectivity index (χ1n) is 16.8. The molecule has 0 saturated carbocycles. The third-order valence-corrected chi connectivity index (χ3v) is 10.3. The monoisotopic (exact) mass is 670 g/mol. The highest BCUT2D eigenvalue weighted by molar-refractivity contribution is 6.08. The van der Waals surface area contributed by atoms with E-state index in [1.54, 1.807) is 48.3 Å². The summed E-state index contributed by atoms with van der Waals surface area (Å²) in [5.41, 5.74) is 8.76. The number of amides is 3. The third kappa shape index (κ3) is 6.04. The number of nitrogens with zero attached hydrogens (tertiary/aromatic N) is 4. The third-order valence-electron chi connectivity index (χ3n) is 10.3. The van der Waals surface area contributed by atoms with Gasteiger partial charge in [-0.05, 0) is 103 Å². The fourth-order valence-electron chi connectivity index (χ4n) is 7.16. The molecule has 0 aliphatic carbocycles. The molecule has 3 heterocycles. The fourth-order valence-corrected chi connectivity index (χ4v) is 7.16. The smallest absolute Gasteiger partial charge is 0.259 e. The molecule has 0 bridgehead atoms. The maximum Gasteiger partial charge on any atom is 0.259 e. The highest BCUT2D eigenvalue weighted by atomic mass is 19.1. The van der Waals surface area contributed by atoms with E-state index >= 15 is 0 Å². The van der Waals surface area contributed by atoms with Crippen molar-refractivity contribution in [1.29, 1.82) is 0 Å². The van der Waals surface area contributed by atoms with Crippen LogP contribution in [0.1, 0.15) is 61.2 Å². The standard InChI is InChI=1S/C41H39FN4O4/c1-25-17-28-7-5-6-8-29(28)24-46(25)41(50)37-20-31-23-45(39(48)18-27-9-11-32(42)12-10-27)22-30(31)19-36(37)38-21-35(26(2)43(38)3)40(49)44(4)33-13-15-34(47)16-14-33/h5-16,19-21,25,47H,17-18,22-24H2,1-4H3/t25-/m1/s1. The minimum absolute atomic E-state index is 0.0291. The van der Waals surface area contributed by atoms with Gasteiger partial charge in [-0.15, -0.1) is 0 Å². The summed E-state index contributed by atoms with van der Waals surface area (Å²) in [6.45, 7) is 5.18. The second-order valence-corrected chi connectivity index (χ2v) is 13.4. The molecule has 9 heteroatoms. The van der Waals surface area contributed by atoms with Gasteiger partial charge in [0.05, 0.1) is 12.0 Å². The molecule has 0 fully saturated rings. The maximum absolute atomic E-state index is 14.7. The summed E-state index contributed by atoms with van der Waals surface area (Å²) in [6, 6.07) is 26.4. The maximum atomic E-state index is 14.7. The topological polar surface area (TPSA) is 86.1 Å². The lowest BCUT2D eigenvalue weighted by Crippen LogP contribution is -2.42. The van der Waals surface area contributed by atoms with Crippen LogP contribution < -0.4 is 4.90 Å².